The zero-order valence-corrected chi connectivity index (χ0v) is 5.71. The number of carboxylic acid groups (broad SMARTS) is 1. The Morgan fingerprint density at radius 2 is 2.30 bits per heavy atom. The molecular formula is C8H10O2. The normalized spacial score (nSPS) is 17.8. The quantitative estimate of drug-likeness (QED) is 0.560. The van der Waals surface area contributed by atoms with Crippen molar-refractivity contribution in [3.05, 3.63) is 23.8 Å². The van der Waals surface area contributed by atoms with E-state index in [1.54, 1.807) is 6.08 Å². The number of carbonyl (C=O) groups is 1. The summed E-state index contributed by atoms with van der Waals surface area (Å²) in [7, 11) is 0. The Kier molecular flexibility index (Phi) is 2.26. The van der Waals surface area contributed by atoms with Crippen LogP contribution in [0.3, 0.4) is 0 Å². The van der Waals surface area contributed by atoms with Gasteiger partial charge in [0, 0.05) is 5.57 Å². The summed E-state index contributed by atoms with van der Waals surface area (Å²) >= 11 is 0. The first-order valence-corrected chi connectivity index (χ1v) is 3.38. The number of rotatable bonds is 1. The maximum atomic E-state index is 10.4. The topological polar surface area (TPSA) is 37.3 Å². The van der Waals surface area contributed by atoms with Crippen molar-refractivity contribution in [2.24, 2.45) is 0 Å². The molecular weight excluding hydrogens is 128 g/mol. The van der Waals surface area contributed by atoms with E-state index >= 15 is 0 Å². The van der Waals surface area contributed by atoms with Crippen LogP contribution in [-0.2, 0) is 4.79 Å². The number of allylic oxidation sites excluding steroid dienone is 3. The Hall–Kier alpha value is -1.05. The molecule has 1 aliphatic rings. The lowest BCUT2D eigenvalue weighted by Crippen LogP contribution is -1.98. The van der Waals surface area contributed by atoms with Crippen molar-refractivity contribution in [1.82, 2.24) is 0 Å². The van der Waals surface area contributed by atoms with Gasteiger partial charge in [-0.25, -0.2) is 4.79 Å². The van der Waals surface area contributed by atoms with Crippen molar-refractivity contribution in [2.75, 3.05) is 0 Å². The molecule has 0 bridgehead atoms. The van der Waals surface area contributed by atoms with Gasteiger partial charge in [0.1, 0.15) is 0 Å². The smallest absolute Gasteiger partial charge is 0.331 e. The van der Waals surface area contributed by atoms with Crippen molar-refractivity contribution in [3.8, 4) is 0 Å². The van der Waals surface area contributed by atoms with Gasteiger partial charge in [-0.1, -0.05) is 18.2 Å². The molecule has 0 saturated heterocycles. The lowest BCUT2D eigenvalue weighted by molar-refractivity contribution is -0.132. The Balaban J connectivity index is 2.61. The third-order valence-corrected chi connectivity index (χ3v) is 1.52. The minimum atomic E-state index is -0.774. The van der Waals surface area contributed by atoms with E-state index in [1.807, 2.05) is 12.2 Å². The van der Waals surface area contributed by atoms with Gasteiger partial charge in [0.15, 0.2) is 0 Å². The first kappa shape index (κ1) is 7.06. The minimum Gasteiger partial charge on any atom is -0.478 e. The van der Waals surface area contributed by atoms with Crippen LogP contribution < -0.4 is 0 Å². The van der Waals surface area contributed by atoms with Crippen LogP contribution in [0.25, 0.3) is 0 Å². The molecule has 0 aliphatic heterocycles. The monoisotopic (exact) mass is 138 g/mol. The Labute approximate surface area is 59.9 Å². The summed E-state index contributed by atoms with van der Waals surface area (Å²) in [5.74, 6) is -0.774. The zero-order valence-electron chi connectivity index (χ0n) is 5.71. The summed E-state index contributed by atoms with van der Waals surface area (Å²) in [4.78, 5) is 10.4. The summed E-state index contributed by atoms with van der Waals surface area (Å²) in [5.41, 5.74) is 0.546. The highest BCUT2D eigenvalue weighted by Gasteiger charge is 2.05. The predicted octanol–water partition coefficient (Wildman–Crippen LogP) is 1.74. The summed E-state index contributed by atoms with van der Waals surface area (Å²) in [6, 6.07) is 0. The average molecular weight is 138 g/mol. The van der Waals surface area contributed by atoms with E-state index < -0.39 is 5.97 Å². The van der Waals surface area contributed by atoms with E-state index in [9.17, 15) is 4.79 Å². The number of hydrogen-bond acceptors (Lipinski definition) is 1. The maximum absolute atomic E-state index is 10.4. The molecule has 1 rings (SSSR count). The first-order valence-electron chi connectivity index (χ1n) is 3.38. The van der Waals surface area contributed by atoms with E-state index in [-0.39, 0.29) is 0 Å². The highest BCUT2D eigenvalue weighted by Crippen LogP contribution is 2.11. The second kappa shape index (κ2) is 3.20. The molecule has 0 aromatic rings. The van der Waals surface area contributed by atoms with E-state index in [2.05, 4.69) is 0 Å². The highest BCUT2D eigenvalue weighted by atomic mass is 16.4. The second-order valence-corrected chi connectivity index (χ2v) is 2.28. The molecule has 0 aromatic heterocycles. The van der Waals surface area contributed by atoms with Gasteiger partial charge in [-0.05, 0) is 19.3 Å². The van der Waals surface area contributed by atoms with Crippen molar-refractivity contribution in [1.29, 1.82) is 0 Å². The van der Waals surface area contributed by atoms with E-state index in [0.717, 1.165) is 12.8 Å². The zero-order chi connectivity index (χ0) is 7.40. The molecule has 0 heterocycles. The fourth-order valence-electron chi connectivity index (χ4n) is 0.960. The number of aliphatic carboxylic acids is 1. The van der Waals surface area contributed by atoms with Crippen LogP contribution in [0.1, 0.15) is 19.3 Å². The molecule has 0 atom stereocenters. The summed E-state index contributed by atoms with van der Waals surface area (Å²) in [6.07, 6.45) is 8.08. The van der Waals surface area contributed by atoms with Crippen LogP contribution in [0.4, 0.5) is 0 Å². The summed E-state index contributed by atoms with van der Waals surface area (Å²) < 4.78 is 0. The predicted molar refractivity (Wildman–Crippen MR) is 38.7 cm³/mol. The Bertz CT molecular complexity index is 189. The van der Waals surface area contributed by atoms with Gasteiger partial charge in [0.2, 0.25) is 0 Å². The SMILES string of the molecule is O=C(O)C1=CCC=CCC1. The van der Waals surface area contributed by atoms with E-state index in [1.165, 1.54) is 0 Å². The molecule has 0 saturated carbocycles. The van der Waals surface area contributed by atoms with Gasteiger partial charge in [-0.15, -0.1) is 0 Å². The molecule has 0 aromatic carbocycles. The van der Waals surface area contributed by atoms with Crippen molar-refractivity contribution < 1.29 is 9.90 Å². The molecule has 0 spiro atoms. The molecule has 0 radical (unpaired) electrons. The average Bonchev–Trinajstić information content (AvgIpc) is 2.12. The maximum Gasteiger partial charge on any atom is 0.331 e. The Morgan fingerprint density at radius 1 is 1.50 bits per heavy atom. The van der Waals surface area contributed by atoms with Crippen LogP contribution in [0.15, 0.2) is 23.8 Å². The molecule has 54 valence electrons. The van der Waals surface area contributed by atoms with Crippen molar-refractivity contribution in [2.45, 2.75) is 19.3 Å². The minimum absolute atomic E-state index is 0.546. The number of carboxylic acids is 1. The third kappa shape index (κ3) is 1.72. The second-order valence-electron chi connectivity index (χ2n) is 2.28. The largest absolute Gasteiger partial charge is 0.478 e. The van der Waals surface area contributed by atoms with Crippen LogP contribution in [0.2, 0.25) is 0 Å². The van der Waals surface area contributed by atoms with Crippen LogP contribution in [-0.4, -0.2) is 11.1 Å². The van der Waals surface area contributed by atoms with E-state index in [0.29, 0.717) is 12.0 Å². The van der Waals surface area contributed by atoms with Gasteiger partial charge >= 0.3 is 5.97 Å². The molecule has 2 heteroatoms. The van der Waals surface area contributed by atoms with Crippen LogP contribution in [0.5, 0.6) is 0 Å². The Morgan fingerprint density at radius 3 is 3.00 bits per heavy atom. The summed E-state index contributed by atoms with van der Waals surface area (Å²) in [5, 5.41) is 8.57. The first-order chi connectivity index (χ1) is 4.80. The van der Waals surface area contributed by atoms with Gasteiger partial charge in [0.05, 0.1) is 0 Å². The standard InChI is InChI=1S/C8H10O2/c9-8(10)7-5-3-1-2-4-6-7/h1-2,5H,3-4,6H2,(H,9,10). The van der Waals surface area contributed by atoms with E-state index in [4.69, 9.17) is 5.11 Å². The third-order valence-electron chi connectivity index (χ3n) is 1.52. The van der Waals surface area contributed by atoms with Gasteiger partial charge in [0.25, 0.3) is 0 Å². The number of hydrogen-bond donors (Lipinski definition) is 1. The van der Waals surface area contributed by atoms with Crippen molar-refractivity contribution in [3.63, 3.8) is 0 Å². The molecule has 10 heavy (non-hydrogen) atoms. The molecule has 0 unspecified atom stereocenters. The highest BCUT2D eigenvalue weighted by molar-refractivity contribution is 5.86. The fraction of sp³-hybridized carbons (Fsp3) is 0.375. The van der Waals surface area contributed by atoms with Crippen molar-refractivity contribution >= 4 is 5.97 Å². The van der Waals surface area contributed by atoms with Gasteiger partial charge < -0.3 is 5.11 Å². The van der Waals surface area contributed by atoms with Crippen LogP contribution in [0, 0.1) is 0 Å². The molecule has 2 nitrogen and oxygen atoms in total. The summed E-state index contributed by atoms with van der Waals surface area (Å²) in [6.45, 7) is 0. The lowest BCUT2D eigenvalue weighted by atomic mass is 10.1. The van der Waals surface area contributed by atoms with Gasteiger partial charge in [-0.2, -0.15) is 0 Å². The molecule has 1 N–H and O–H groups in total. The fourth-order valence-corrected chi connectivity index (χ4v) is 0.960. The molecule has 1 aliphatic carbocycles. The lowest BCUT2D eigenvalue weighted by Gasteiger charge is -1.94. The van der Waals surface area contributed by atoms with Gasteiger partial charge in [-0.3, -0.25) is 0 Å². The molecule has 0 amide bonds. The molecule has 0 fully saturated rings. The van der Waals surface area contributed by atoms with Crippen LogP contribution >= 0.6 is 0 Å².